The maximum absolute atomic E-state index is 12.9. The Morgan fingerprint density at radius 2 is 1.68 bits per heavy atom. The quantitative estimate of drug-likeness (QED) is 0.410. The van der Waals surface area contributed by atoms with Gasteiger partial charge in [0.15, 0.2) is 6.61 Å². The molecule has 2 aromatic rings. The van der Waals surface area contributed by atoms with Gasteiger partial charge < -0.3 is 10.1 Å². The number of piperidine rings is 1. The second-order valence-electron chi connectivity index (χ2n) is 8.95. The molecule has 1 fully saturated rings. The van der Waals surface area contributed by atoms with E-state index in [-0.39, 0.29) is 30.5 Å². The van der Waals surface area contributed by atoms with Crippen LogP contribution in [0, 0.1) is 5.92 Å². The van der Waals surface area contributed by atoms with Gasteiger partial charge in [-0.2, -0.15) is 4.31 Å². The van der Waals surface area contributed by atoms with Crippen molar-refractivity contribution in [3.8, 4) is 0 Å². The van der Waals surface area contributed by atoms with Gasteiger partial charge in [-0.25, -0.2) is 8.42 Å². The van der Waals surface area contributed by atoms with Crippen molar-refractivity contribution in [1.82, 2.24) is 9.62 Å². The number of sulfonamides is 1. The molecule has 1 N–H and O–H groups in total. The molecule has 1 aliphatic rings. The highest BCUT2D eigenvalue weighted by Crippen LogP contribution is 2.25. The normalized spacial score (nSPS) is 15.3. The molecule has 0 radical (unpaired) electrons. The predicted molar refractivity (Wildman–Crippen MR) is 131 cm³/mol. The molecule has 7 nitrogen and oxygen atoms in total. The summed E-state index contributed by atoms with van der Waals surface area (Å²) in [5.74, 6) is -0.848. The van der Waals surface area contributed by atoms with Crippen LogP contribution in [0.15, 0.2) is 59.5 Å². The first-order valence-corrected chi connectivity index (χ1v) is 13.3. The zero-order valence-electron chi connectivity index (χ0n) is 19.9. The summed E-state index contributed by atoms with van der Waals surface area (Å²) in [5.41, 5.74) is 2.30. The van der Waals surface area contributed by atoms with Gasteiger partial charge >= 0.3 is 5.97 Å². The van der Waals surface area contributed by atoms with Gasteiger partial charge in [-0.15, -0.1) is 0 Å². The van der Waals surface area contributed by atoms with Gasteiger partial charge in [0, 0.05) is 19.6 Å². The third-order valence-electron chi connectivity index (χ3n) is 6.12. The molecule has 1 aliphatic heterocycles. The standard InChI is InChI=1S/C26H34N2O5S/c1-20(2)22-10-12-24(13-11-22)34(31,32)28-17-14-23(15-18-28)26(30)33-19-25(29)27-16-6-9-21-7-4-3-5-8-21/h3-5,7-8,10-13,20,23H,6,9,14-19H2,1-2H3,(H,27,29). The molecule has 0 unspecified atom stereocenters. The van der Waals surface area contributed by atoms with Crippen molar-refractivity contribution in [3.63, 3.8) is 0 Å². The van der Waals surface area contributed by atoms with Crippen molar-refractivity contribution in [3.05, 3.63) is 65.7 Å². The third-order valence-corrected chi connectivity index (χ3v) is 8.04. The molecule has 8 heteroatoms. The number of rotatable bonds is 10. The molecule has 1 amide bonds. The number of esters is 1. The Kier molecular flexibility index (Phi) is 9.24. The maximum atomic E-state index is 12.9. The summed E-state index contributed by atoms with van der Waals surface area (Å²) in [7, 11) is -3.60. The van der Waals surface area contributed by atoms with Crippen molar-refractivity contribution in [2.24, 2.45) is 5.92 Å². The summed E-state index contributed by atoms with van der Waals surface area (Å²) < 4.78 is 32.5. The van der Waals surface area contributed by atoms with E-state index in [1.54, 1.807) is 12.1 Å². The first-order valence-electron chi connectivity index (χ1n) is 11.8. The fourth-order valence-corrected chi connectivity index (χ4v) is 5.45. The van der Waals surface area contributed by atoms with Crippen LogP contribution in [-0.2, 0) is 30.8 Å². The molecule has 0 saturated carbocycles. The first-order chi connectivity index (χ1) is 16.3. The fourth-order valence-electron chi connectivity index (χ4n) is 3.98. The highest BCUT2D eigenvalue weighted by Gasteiger charge is 2.33. The zero-order valence-corrected chi connectivity index (χ0v) is 20.7. The van der Waals surface area contributed by atoms with Gasteiger partial charge in [-0.05, 0) is 54.9 Å². The molecule has 0 spiro atoms. The van der Waals surface area contributed by atoms with Crippen molar-refractivity contribution in [1.29, 1.82) is 0 Å². The molecule has 34 heavy (non-hydrogen) atoms. The molecule has 0 bridgehead atoms. The number of nitrogens with zero attached hydrogens (tertiary/aromatic N) is 1. The molecule has 1 saturated heterocycles. The van der Waals surface area contributed by atoms with Crippen LogP contribution in [0.25, 0.3) is 0 Å². The van der Waals surface area contributed by atoms with Crippen molar-refractivity contribution in [2.45, 2.75) is 50.3 Å². The smallest absolute Gasteiger partial charge is 0.309 e. The van der Waals surface area contributed by atoms with Crippen LogP contribution in [0.3, 0.4) is 0 Å². The average molecular weight is 487 g/mol. The van der Waals surface area contributed by atoms with Gasteiger partial charge in [0.05, 0.1) is 10.8 Å². The van der Waals surface area contributed by atoms with E-state index in [0.717, 1.165) is 18.4 Å². The van der Waals surface area contributed by atoms with Crippen molar-refractivity contribution in [2.75, 3.05) is 26.2 Å². The van der Waals surface area contributed by atoms with Crippen LogP contribution < -0.4 is 5.32 Å². The number of aryl methyl sites for hydroxylation is 1. The fraction of sp³-hybridized carbons (Fsp3) is 0.462. The van der Waals surface area contributed by atoms with Gasteiger partial charge in [-0.3, -0.25) is 9.59 Å². The minimum atomic E-state index is -3.60. The van der Waals surface area contributed by atoms with Gasteiger partial charge in [0.1, 0.15) is 0 Å². The first kappa shape index (κ1) is 25.9. The topological polar surface area (TPSA) is 92.8 Å². The monoisotopic (exact) mass is 486 g/mol. The average Bonchev–Trinajstić information content (AvgIpc) is 2.86. The number of nitrogens with one attached hydrogen (secondary N) is 1. The lowest BCUT2D eigenvalue weighted by Gasteiger charge is -2.30. The third kappa shape index (κ3) is 7.14. The number of hydrogen-bond acceptors (Lipinski definition) is 5. The number of benzene rings is 2. The molecular formula is C26H34N2O5S. The number of carbonyl (C=O) groups excluding carboxylic acids is 2. The Bertz CT molecular complexity index is 1040. The summed E-state index contributed by atoms with van der Waals surface area (Å²) >= 11 is 0. The van der Waals surface area contributed by atoms with E-state index in [0.29, 0.717) is 25.3 Å². The molecule has 0 aliphatic carbocycles. The highest BCUT2D eigenvalue weighted by atomic mass is 32.2. The Morgan fingerprint density at radius 1 is 1.03 bits per heavy atom. The largest absolute Gasteiger partial charge is 0.455 e. The second-order valence-corrected chi connectivity index (χ2v) is 10.9. The van der Waals surface area contributed by atoms with E-state index < -0.39 is 21.9 Å². The van der Waals surface area contributed by atoms with Gasteiger partial charge in [0.2, 0.25) is 10.0 Å². The van der Waals surface area contributed by atoms with Crippen LogP contribution >= 0.6 is 0 Å². The summed E-state index contributed by atoms with van der Waals surface area (Å²) in [6, 6.07) is 17.0. The Balaban J connectivity index is 1.38. The van der Waals surface area contributed by atoms with Crippen molar-refractivity contribution >= 4 is 21.9 Å². The minimum Gasteiger partial charge on any atom is -0.455 e. The SMILES string of the molecule is CC(C)c1ccc(S(=O)(=O)N2CCC(C(=O)OCC(=O)NCCCc3ccccc3)CC2)cc1. The van der Waals surface area contributed by atoms with Crippen LogP contribution in [0.1, 0.15) is 50.2 Å². The Morgan fingerprint density at radius 3 is 2.29 bits per heavy atom. The number of ether oxygens (including phenoxy) is 1. The van der Waals surface area contributed by atoms with Gasteiger partial charge in [0.25, 0.3) is 5.91 Å². The zero-order chi connectivity index (χ0) is 24.6. The lowest BCUT2D eigenvalue weighted by atomic mass is 9.98. The van der Waals surface area contributed by atoms with E-state index in [2.05, 4.69) is 19.2 Å². The molecule has 3 rings (SSSR count). The Hall–Kier alpha value is -2.71. The molecular weight excluding hydrogens is 452 g/mol. The van der Waals surface area contributed by atoms with Crippen LogP contribution in [-0.4, -0.2) is 50.8 Å². The number of hydrogen-bond donors (Lipinski definition) is 1. The summed E-state index contributed by atoms with van der Waals surface area (Å²) in [5, 5.41) is 2.76. The maximum Gasteiger partial charge on any atom is 0.309 e. The van der Waals surface area contributed by atoms with E-state index >= 15 is 0 Å². The summed E-state index contributed by atoms with van der Waals surface area (Å²) in [6.45, 7) is 4.82. The summed E-state index contributed by atoms with van der Waals surface area (Å²) in [4.78, 5) is 24.6. The van der Waals surface area contributed by atoms with Crippen molar-refractivity contribution < 1.29 is 22.7 Å². The Labute approximate surface area is 202 Å². The van der Waals surface area contributed by atoms with Gasteiger partial charge in [-0.1, -0.05) is 56.3 Å². The minimum absolute atomic E-state index is 0.250. The van der Waals surface area contributed by atoms with Crippen LogP contribution in [0.5, 0.6) is 0 Å². The van der Waals surface area contributed by atoms with E-state index in [4.69, 9.17) is 4.74 Å². The second kappa shape index (κ2) is 12.1. The molecule has 2 aromatic carbocycles. The van der Waals surface area contributed by atoms with Crippen LogP contribution in [0.2, 0.25) is 0 Å². The number of amides is 1. The van der Waals surface area contributed by atoms with E-state index in [1.165, 1.54) is 9.87 Å². The van der Waals surface area contributed by atoms with E-state index in [1.807, 2.05) is 42.5 Å². The highest BCUT2D eigenvalue weighted by molar-refractivity contribution is 7.89. The lowest BCUT2D eigenvalue weighted by molar-refractivity contribution is -0.153. The molecule has 0 atom stereocenters. The molecule has 0 aromatic heterocycles. The lowest BCUT2D eigenvalue weighted by Crippen LogP contribution is -2.41. The van der Waals surface area contributed by atoms with E-state index in [9.17, 15) is 18.0 Å². The molecule has 1 heterocycles. The predicted octanol–water partition coefficient (Wildman–Crippen LogP) is 3.50. The molecule has 184 valence electrons. The summed E-state index contributed by atoms with van der Waals surface area (Å²) in [6.07, 6.45) is 2.42. The number of carbonyl (C=O) groups is 2. The van der Waals surface area contributed by atoms with Crippen LogP contribution in [0.4, 0.5) is 0 Å².